The Kier molecular flexibility index (Phi) is 4.26. The molecule has 0 aliphatic carbocycles. The van der Waals surface area contributed by atoms with Crippen molar-refractivity contribution in [3.63, 3.8) is 0 Å². The molecule has 0 unspecified atom stereocenters. The quantitative estimate of drug-likeness (QED) is 0.610. The highest BCUT2D eigenvalue weighted by molar-refractivity contribution is 14.1. The largest absolute Gasteiger partial charge is 0.494 e. The van der Waals surface area contributed by atoms with E-state index in [1.165, 1.54) is 19.2 Å². The zero-order valence-electron chi connectivity index (χ0n) is 10.3. The number of ether oxygens (including phenoxy) is 1. The molecule has 0 aromatic heterocycles. The van der Waals surface area contributed by atoms with Gasteiger partial charge in [0.15, 0.2) is 11.6 Å². The lowest BCUT2D eigenvalue weighted by Crippen LogP contribution is -2.05. The van der Waals surface area contributed by atoms with Crippen LogP contribution in [0, 0.1) is 21.0 Å². The third-order valence-corrected chi connectivity index (χ3v) is 3.30. The van der Waals surface area contributed by atoms with Crippen LogP contribution in [0.4, 0.5) is 30.2 Å². The minimum absolute atomic E-state index is 0.0145. The van der Waals surface area contributed by atoms with E-state index in [9.17, 15) is 13.2 Å². The minimum Gasteiger partial charge on any atom is -0.494 e. The topological polar surface area (TPSA) is 47.3 Å². The summed E-state index contributed by atoms with van der Waals surface area (Å²) in [5.74, 6) is -2.89. The van der Waals surface area contributed by atoms with Gasteiger partial charge in [-0.3, -0.25) is 0 Å². The molecule has 106 valence electrons. The van der Waals surface area contributed by atoms with Crippen molar-refractivity contribution in [2.24, 2.45) is 0 Å². The number of hydrogen-bond donors (Lipinski definition) is 2. The molecular formula is C13H10F3IN2O. The van der Waals surface area contributed by atoms with Crippen molar-refractivity contribution < 1.29 is 17.9 Å². The molecule has 0 aliphatic rings. The molecule has 3 nitrogen and oxygen atoms in total. The van der Waals surface area contributed by atoms with Gasteiger partial charge in [0.1, 0.15) is 17.3 Å². The zero-order valence-corrected chi connectivity index (χ0v) is 12.5. The van der Waals surface area contributed by atoms with Gasteiger partial charge in [-0.2, -0.15) is 0 Å². The second-order valence-corrected chi connectivity index (χ2v) is 5.16. The smallest absolute Gasteiger partial charge is 0.184 e. The number of benzene rings is 2. The molecule has 0 saturated heterocycles. The van der Waals surface area contributed by atoms with Gasteiger partial charge in [0.25, 0.3) is 0 Å². The molecule has 3 N–H and O–H groups in total. The van der Waals surface area contributed by atoms with Crippen molar-refractivity contribution in [2.75, 3.05) is 18.2 Å². The van der Waals surface area contributed by atoms with Crippen LogP contribution in [0.1, 0.15) is 0 Å². The molecule has 0 spiro atoms. The molecule has 0 bridgehead atoms. The number of methoxy groups -OCH3 is 1. The van der Waals surface area contributed by atoms with Crippen LogP contribution in [0.15, 0.2) is 24.3 Å². The Labute approximate surface area is 127 Å². The third kappa shape index (κ3) is 2.77. The Morgan fingerprint density at radius 1 is 1.15 bits per heavy atom. The SMILES string of the molecule is COc1cc(F)c(F)c(N)c1Nc1ccc(I)cc1F. The van der Waals surface area contributed by atoms with Gasteiger partial charge in [0.2, 0.25) is 0 Å². The fourth-order valence-electron chi connectivity index (χ4n) is 1.64. The zero-order chi connectivity index (χ0) is 14.9. The normalized spacial score (nSPS) is 10.4. The number of anilines is 3. The number of hydrogen-bond acceptors (Lipinski definition) is 3. The monoisotopic (exact) mass is 394 g/mol. The molecule has 2 aromatic carbocycles. The summed E-state index contributed by atoms with van der Waals surface area (Å²) in [5.41, 5.74) is 5.10. The van der Waals surface area contributed by atoms with Crippen molar-refractivity contribution in [2.45, 2.75) is 0 Å². The summed E-state index contributed by atoms with van der Waals surface area (Å²) >= 11 is 1.96. The Hall–Kier alpha value is -1.64. The summed E-state index contributed by atoms with van der Waals surface area (Å²) in [6, 6.07) is 5.27. The molecule has 0 atom stereocenters. The van der Waals surface area contributed by atoms with Gasteiger partial charge in [-0.05, 0) is 40.8 Å². The molecule has 0 saturated carbocycles. The van der Waals surface area contributed by atoms with Crippen molar-refractivity contribution in [3.8, 4) is 5.75 Å². The summed E-state index contributed by atoms with van der Waals surface area (Å²) in [6.45, 7) is 0. The van der Waals surface area contributed by atoms with Crippen LogP contribution in [0.5, 0.6) is 5.75 Å². The summed E-state index contributed by atoms with van der Waals surface area (Å²) in [6.07, 6.45) is 0. The number of nitrogen functional groups attached to an aromatic ring is 1. The Morgan fingerprint density at radius 3 is 2.45 bits per heavy atom. The standard InChI is InChI=1S/C13H10F3IN2O/c1-20-10-5-8(15)11(16)12(18)13(10)19-9-3-2-6(17)4-7(9)14/h2-5,19H,18H2,1H3. The molecule has 20 heavy (non-hydrogen) atoms. The van der Waals surface area contributed by atoms with Gasteiger partial charge in [-0.15, -0.1) is 0 Å². The van der Waals surface area contributed by atoms with Crippen LogP contribution >= 0.6 is 22.6 Å². The molecule has 0 amide bonds. The van der Waals surface area contributed by atoms with E-state index < -0.39 is 23.1 Å². The van der Waals surface area contributed by atoms with Crippen LogP contribution < -0.4 is 15.8 Å². The molecule has 0 fully saturated rings. The highest BCUT2D eigenvalue weighted by Gasteiger charge is 2.18. The average Bonchev–Trinajstić information content (AvgIpc) is 2.41. The lowest BCUT2D eigenvalue weighted by Gasteiger charge is -2.15. The predicted octanol–water partition coefficient (Wildman–Crippen LogP) is 4.04. The Morgan fingerprint density at radius 2 is 1.85 bits per heavy atom. The second kappa shape index (κ2) is 5.78. The third-order valence-electron chi connectivity index (χ3n) is 2.63. The first-order valence-corrected chi connectivity index (χ1v) is 6.55. The van der Waals surface area contributed by atoms with Crippen LogP contribution in [-0.2, 0) is 0 Å². The predicted molar refractivity (Wildman–Crippen MR) is 79.7 cm³/mol. The van der Waals surface area contributed by atoms with E-state index in [1.54, 1.807) is 6.07 Å². The molecular weight excluding hydrogens is 384 g/mol. The number of nitrogens with one attached hydrogen (secondary N) is 1. The number of nitrogens with two attached hydrogens (primary N) is 1. The molecule has 2 aromatic rings. The van der Waals surface area contributed by atoms with Crippen molar-refractivity contribution in [1.29, 1.82) is 0 Å². The Balaban J connectivity index is 2.50. The van der Waals surface area contributed by atoms with Gasteiger partial charge in [0.05, 0.1) is 18.5 Å². The fraction of sp³-hybridized carbons (Fsp3) is 0.0769. The average molecular weight is 394 g/mol. The first-order chi connectivity index (χ1) is 9.43. The van der Waals surface area contributed by atoms with Crippen molar-refractivity contribution >= 4 is 39.7 Å². The lowest BCUT2D eigenvalue weighted by molar-refractivity contribution is 0.409. The van der Waals surface area contributed by atoms with E-state index in [0.717, 1.165) is 6.07 Å². The number of rotatable bonds is 3. The molecule has 7 heteroatoms. The van der Waals surface area contributed by atoms with E-state index >= 15 is 0 Å². The second-order valence-electron chi connectivity index (χ2n) is 3.91. The summed E-state index contributed by atoms with van der Waals surface area (Å²) < 4.78 is 46.1. The van der Waals surface area contributed by atoms with Gasteiger partial charge < -0.3 is 15.8 Å². The first kappa shape index (κ1) is 14.8. The molecule has 0 aliphatic heterocycles. The van der Waals surface area contributed by atoms with Gasteiger partial charge in [0, 0.05) is 9.64 Å². The van der Waals surface area contributed by atoms with E-state index in [0.29, 0.717) is 3.57 Å². The minimum atomic E-state index is -1.21. The maximum Gasteiger partial charge on any atom is 0.184 e. The maximum atomic E-state index is 13.8. The number of halogens is 4. The van der Waals surface area contributed by atoms with Crippen molar-refractivity contribution in [1.82, 2.24) is 0 Å². The highest BCUT2D eigenvalue weighted by atomic mass is 127. The summed E-state index contributed by atoms with van der Waals surface area (Å²) in [4.78, 5) is 0. The van der Waals surface area contributed by atoms with Crippen LogP contribution in [0.3, 0.4) is 0 Å². The van der Waals surface area contributed by atoms with Gasteiger partial charge >= 0.3 is 0 Å². The van der Waals surface area contributed by atoms with Crippen molar-refractivity contribution in [3.05, 3.63) is 45.3 Å². The van der Waals surface area contributed by atoms with E-state index in [-0.39, 0.29) is 17.1 Å². The molecule has 0 heterocycles. The lowest BCUT2D eigenvalue weighted by atomic mass is 10.2. The summed E-state index contributed by atoms with van der Waals surface area (Å²) in [5, 5.41) is 2.62. The van der Waals surface area contributed by atoms with Gasteiger partial charge in [-0.25, -0.2) is 13.2 Å². The van der Waals surface area contributed by atoms with Gasteiger partial charge in [-0.1, -0.05) is 0 Å². The highest BCUT2D eigenvalue weighted by Crippen LogP contribution is 2.37. The molecule has 2 rings (SSSR count). The van der Waals surface area contributed by atoms with E-state index in [4.69, 9.17) is 10.5 Å². The Bertz CT molecular complexity index is 665. The van der Waals surface area contributed by atoms with Crippen LogP contribution in [-0.4, -0.2) is 7.11 Å². The van der Waals surface area contributed by atoms with E-state index in [1.807, 2.05) is 22.6 Å². The first-order valence-electron chi connectivity index (χ1n) is 5.47. The van der Waals surface area contributed by atoms with Crippen LogP contribution in [0.25, 0.3) is 0 Å². The maximum absolute atomic E-state index is 13.8. The van der Waals surface area contributed by atoms with E-state index in [2.05, 4.69) is 5.32 Å². The summed E-state index contributed by atoms with van der Waals surface area (Å²) in [7, 11) is 1.28. The van der Waals surface area contributed by atoms with Crippen LogP contribution in [0.2, 0.25) is 0 Å². The molecule has 0 radical (unpaired) electrons. The fourth-order valence-corrected chi connectivity index (χ4v) is 2.09.